The fourth-order valence-electron chi connectivity index (χ4n) is 15.4. The maximum Gasteiger partial charge on any atom is 0.490 e. The predicted octanol–water partition coefficient (Wildman–Crippen LogP) is 20.5. The molecule has 0 radical (unpaired) electrons. The molecule has 23 nitrogen and oxygen atoms in total. The van der Waals surface area contributed by atoms with Crippen LogP contribution in [0.15, 0.2) is 222 Å². The Balaban J connectivity index is 0.000000166. The molecule has 0 amide bonds. The number of aliphatic hydroxyl groups is 1. The molecule has 7 N–H and O–H groups in total. The average Bonchev–Trinajstić information content (AvgIpc) is 1.58. The highest BCUT2D eigenvalue weighted by molar-refractivity contribution is 9.10. The number of benzene rings is 11. The smallest absolute Gasteiger partial charge is 0.490 e. The third kappa shape index (κ3) is 22.4. The van der Waals surface area contributed by atoms with Crippen LogP contribution in [0, 0.1) is 0 Å². The molecule has 0 fully saturated rings. The highest BCUT2D eigenvalue weighted by Gasteiger charge is 2.51. The van der Waals surface area contributed by atoms with E-state index in [4.69, 9.17) is 71.1 Å². The van der Waals surface area contributed by atoms with Crippen LogP contribution in [0.4, 0.5) is 13.2 Å². The number of rotatable bonds is 27. The van der Waals surface area contributed by atoms with Gasteiger partial charge >= 0.3 is 12.1 Å². The zero-order valence-electron chi connectivity index (χ0n) is 72.1. The summed E-state index contributed by atoms with van der Waals surface area (Å²) in [6, 6.07) is 54.9. The number of hydrogen-bond acceptors (Lipinski definition) is 23. The standard InChI is InChI=1S/C28H29F3O7.C28H22O6.C26H28O6.C18H19BrO4/c1-33-17-8-6-15(7-9-17)23-24(16-10-18(34-2)12-19(11-16)35-3)26(38-27(32)28(29,30)31)21-13-20(36-4)14-22(37-5)25(21)23;29-18-5-1-15(2-6-18)9-23-24-13-22(33)14-25(34)28(24)27(17-10-20(31)12-21(32)11-17)26(23)16-3-7-19(30)8-4-16;1-28-20-10-8-18(9-11-20)26(27)25-19(14-23(31-4)16-24(25)32-5)7-6-17-12-21(29-2)15-22(13-17)30-3;1-20-14-7-12(8-15(10-14)21-2)5-6-13-9-16(22-3)11-17(23-4)18(13)19/h6-8,10-14,17,23-24,26H,9H2,1-5H3;1-8,10-14,27,29-34H,9H2;6-16,26-27H,1-5H3;5-11H,1-4H3/b;;7-6+;6-5+/t17?,23-,24-,26-;27-;;/m11../s1. The molecule has 27 heteroatoms. The van der Waals surface area contributed by atoms with Crippen molar-refractivity contribution in [2.24, 2.45) is 0 Å². The molecule has 0 spiro atoms. The Morgan fingerprint density at radius 3 is 1.41 bits per heavy atom. The number of methoxy groups -OCH3 is 14. The monoisotopic (exact) mass is 1800 g/mol. The summed E-state index contributed by atoms with van der Waals surface area (Å²) in [7, 11) is 22.0. The van der Waals surface area contributed by atoms with E-state index in [0.717, 1.165) is 77.6 Å². The van der Waals surface area contributed by atoms with Gasteiger partial charge in [-0.3, -0.25) is 0 Å². The zero-order chi connectivity index (χ0) is 91.5. The fourth-order valence-corrected chi connectivity index (χ4v) is 15.9. The van der Waals surface area contributed by atoms with Crippen LogP contribution in [0.5, 0.6) is 109 Å². The number of esters is 1. The molecule has 6 atom stereocenters. The lowest BCUT2D eigenvalue weighted by Gasteiger charge is -2.29. The number of hydrogen-bond donors (Lipinski definition) is 7. The first-order valence-corrected chi connectivity index (χ1v) is 40.3. The molecule has 3 aliphatic rings. The number of carbonyl (C=O) groups excluding carboxylic acids is 1. The van der Waals surface area contributed by atoms with Crippen molar-refractivity contribution in [2.75, 3.05) is 99.5 Å². The van der Waals surface area contributed by atoms with Crippen LogP contribution in [-0.4, -0.2) is 154 Å². The van der Waals surface area contributed by atoms with Crippen molar-refractivity contribution in [1.82, 2.24) is 0 Å². The summed E-state index contributed by atoms with van der Waals surface area (Å²) in [4.78, 5) is 12.2. The number of phenols is 6. The van der Waals surface area contributed by atoms with E-state index in [2.05, 4.69) is 15.9 Å². The van der Waals surface area contributed by atoms with Gasteiger partial charge in [-0.25, -0.2) is 4.79 Å². The number of aliphatic hydroxyl groups excluding tert-OH is 1. The van der Waals surface area contributed by atoms with Gasteiger partial charge in [-0.1, -0.05) is 78.9 Å². The topological polar surface area (TPSA) is 297 Å². The Bertz CT molecular complexity index is 5780. The van der Waals surface area contributed by atoms with Gasteiger partial charge in [0, 0.05) is 95.6 Å². The molecule has 11 aromatic rings. The van der Waals surface area contributed by atoms with Crippen molar-refractivity contribution in [3.05, 3.63) is 300 Å². The molecule has 11 aromatic carbocycles. The maximum atomic E-state index is 13.5. The number of ether oxygens (including phenoxy) is 15. The minimum absolute atomic E-state index is 0.0936. The normalized spacial score (nSPS) is 15.6. The van der Waals surface area contributed by atoms with Crippen molar-refractivity contribution in [3.63, 3.8) is 0 Å². The molecule has 0 bridgehead atoms. The molecule has 14 rings (SSSR count). The van der Waals surface area contributed by atoms with Crippen LogP contribution in [0.2, 0.25) is 0 Å². The molecular formula is C100H98BrF3O23. The third-order valence-corrected chi connectivity index (χ3v) is 22.3. The molecule has 3 aliphatic carbocycles. The summed E-state index contributed by atoms with van der Waals surface area (Å²) >= 11 is 3.55. The number of carbonyl (C=O) groups is 1. The first-order valence-electron chi connectivity index (χ1n) is 39.5. The largest absolute Gasteiger partial charge is 0.508 e. The van der Waals surface area contributed by atoms with E-state index >= 15 is 0 Å². The molecular weight excluding hydrogens is 1710 g/mol. The van der Waals surface area contributed by atoms with E-state index in [1.165, 1.54) is 52.7 Å². The van der Waals surface area contributed by atoms with Crippen molar-refractivity contribution in [2.45, 2.75) is 55.1 Å². The third-order valence-electron chi connectivity index (χ3n) is 21.5. The Kier molecular flexibility index (Phi) is 31.4. The van der Waals surface area contributed by atoms with Crippen LogP contribution in [0.25, 0.3) is 35.5 Å². The quantitative estimate of drug-likeness (QED) is 0.0186. The van der Waals surface area contributed by atoms with Crippen LogP contribution in [-0.2, 0) is 20.7 Å². The van der Waals surface area contributed by atoms with E-state index in [1.807, 2.05) is 121 Å². The molecule has 127 heavy (non-hydrogen) atoms. The van der Waals surface area contributed by atoms with Gasteiger partial charge in [0.15, 0.2) is 0 Å². The first kappa shape index (κ1) is 93.7. The molecule has 0 heterocycles. The van der Waals surface area contributed by atoms with Crippen LogP contribution >= 0.6 is 15.9 Å². The van der Waals surface area contributed by atoms with E-state index in [0.29, 0.717) is 109 Å². The van der Waals surface area contributed by atoms with Gasteiger partial charge < -0.3 is 107 Å². The molecule has 0 aliphatic heterocycles. The lowest BCUT2D eigenvalue weighted by atomic mass is 9.78. The van der Waals surface area contributed by atoms with Gasteiger partial charge in [-0.15, -0.1) is 0 Å². The highest BCUT2D eigenvalue weighted by Crippen LogP contribution is 2.61. The Morgan fingerprint density at radius 1 is 0.457 bits per heavy atom. The van der Waals surface area contributed by atoms with Crippen LogP contribution in [0.1, 0.15) is 114 Å². The van der Waals surface area contributed by atoms with Crippen molar-refractivity contribution < 1.29 is 125 Å². The van der Waals surface area contributed by atoms with E-state index in [-0.39, 0.29) is 40.6 Å². The van der Waals surface area contributed by atoms with E-state index in [1.54, 1.807) is 162 Å². The molecule has 664 valence electrons. The molecule has 0 saturated carbocycles. The number of phenolic OH excluding ortho intramolecular Hbond substituents is 6. The van der Waals surface area contributed by atoms with Crippen LogP contribution in [0.3, 0.4) is 0 Å². The highest BCUT2D eigenvalue weighted by atomic mass is 79.9. The summed E-state index contributed by atoms with van der Waals surface area (Å²) in [6.45, 7) is 0. The van der Waals surface area contributed by atoms with Crippen molar-refractivity contribution >= 4 is 57.3 Å². The average molecular weight is 1800 g/mol. The second-order valence-electron chi connectivity index (χ2n) is 29.0. The van der Waals surface area contributed by atoms with E-state index < -0.39 is 42.1 Å². The van der Waals surface area contributed by atoms with Gasteiger partial charge in [0.1, 0.15) is 121 Å². The Labute approximate surface area is 742 Å². The number of fused-ring (bicyclic) bond motifs is 2. The fraction of sp³-hybridized carbons (Fsp3) is 0.230. The molecule has 2 unspecified atom stereocenters. The lowest BCUT2D eigenvalue weighted by Crippen LogP contribution is -2.28. The van der Waals surface area contributed by atoms with Gasteiger partial charge in [-0.2, -0.15) is 13.2 Å². The van der Waals surface area contributed by atoms with Gasteiger partial charge in [0.05, 0.1) is 103 Å². The van der Waals surface area contributed by atoms with Gasteiger partial charge in [0.2, 0.25) is 0 Å². The second-order valence-corrected chi connectivity index (χ2v) is 29.8. The summed E-state index contributed by atoms with van der Waals surface area (Å²) in [5, 5.41) is 72.4. The SMILES string of the molecule is COc1cc(/C=C/c2cc(OC)cc(OC)c2Br)cc(OC)c1.COc1cc(OC)cc([C@H]2[C@H](OC(=O)C(F)(F)F)c3cc(OC)cc(OC)c3[C@@H]2C2=CCC(OC)C=C2)c1.COc1ccc(C(O)c2c(/C=C/c3cc(OC)cc(OC)c3)cc(OC)cc2OC)cc1.Oc1ccc(CC2=C(c3ccc(O)cc3)[C@@H](c3cc(O)cc(O)c3)c3c(O)cc(O)cc32)cc1. The lowest BCUT2D eigenvalue weighted by molar-refractivity contribution is -0.206. The first-order chi connectivity index (χ1) is 61.1. The summed E-state index contributed by atoms with van der Waals surface area (Å²) in [5.41, 5.74) is 12.3. The number of allylic oxidation sites excluding steroid dienone is 4. The van der Waals surface area contributed by atoms with Crippen molar-refractivity contribution in [3.8, 4) is 109 Å². The Hall–Kier alpha value is -14.0. The van der Waals surface area contributed by atoms with Crippen molar-refractivity contribution in [1.29, 1.82) is 0 Å². The Morgan fingerprint density at radius 2 is 0.921 bits per heavy atom. The summed E-state index contributed by atoms with van der Waals surface area (Å²) < 4.78 is 122. The maximum absolute atomic E-state index is 13.5. The van der Waals surface area contributed by atoms with E-state index in [9.17, 15) is 53.7 Å². The number of halogens is 4. The minimum Gasteiger partial charge on any atom is -0.508 e. The minimum atomic E-state index is -5.19. The summed E-state index contributed by atoms with van der Waals surface area (Å²) in [6.07, 6.45) is 6.96. The van der Waals surface area contributed by atoms with Gasteiger partial charge in [0.25, 0.3) is 0 Å². The number of aromatic hydroxyl groups is 6. The van der Waals surface area contributed by atoms with Gasteiger partial charge in [-0.05, 0) is 210 Å². The molecule has 0 saturated heterocycles. The zero-order valence-corrected chi connectivity index (χ0v) is 73.7. The summed E-state index contributed by atoms with van der Waals surface area (Å²) in [5.74, 6) is 3.42. The number of alkyl halides is 3. The molecule has 0 aromatic heterocycles. The predicted molar refractivity (Wildman–Crippen MR) is 481 cm³/mol. The van der Waals surface area contributed by atoms with Crippen LogP contribution < -0.4 is 61.6 Å². The second kappa shape index (κ2) is 42.6.